The highest BCUT2D eigenvalue weighted by Gasteiger charge is 2.19. The molecule has 0 saturated heterocycles. The lowest BCUT2D eigenvalue weighted by Gasteiger charge is -2.15. The Balaban J connectivity index is 1.91. The summed E-state index contributed by atoms with van der Waals surface area (Å²) in [6, 6.07) is 22.6. The fraction of sp³-hybridized carbons (Fsp3) is 0.167. The molecule has 0 bridgehead atoms. The van der Waals surface area contributed by atoms with E-state index in [1.807, 2.05) is 18.2 Å². The molecular formula is C24H23NO2S. The maximum atomic E-state index is 11.6. The molecule has 0 aromatic heterocycles. The molecule has 0 heterocycles. The highest BCUT2D eigenvalue weighted by molar-refractivity contribution is 7.92. The van der Waals surface area contributed by atoms with Crippen molar-refractivity contribution in [2.45, 2.75) is 19.8 Å². The Hall–Kier alpha value is -2.85. The van der Waals surface area contributed by atoms with Gasteiger partial charge in [0, 0.05) is 5.69 Å². The van der Waals surface area contributed by atoms with E-state index in [2.05, 4.69) is 60.2 Å². The third-order valence-corrected chi connectivity index (χ3v) is 5.71. The smallest absolute Gasteiger partial charge is 0.229 e. The summed E-state index contributed by atoms with van der Waals surface area (Å²) in [6.07, 6.45) is 5.36. The molecule has 1 aliphatic rings. The summed E-state index contributed by atoms with van der Waals surface area (Å²) in [6.45, 7) is 2.16. The van der Waals surface area contributed by atoms with Crippen LogP contribution in [-0.4, -0.2) is 14.7 Å². The van der Waals surface area contributed by atoms with Crippen molar-refractivity contribution in [2.24, 2.45) is 0 Å². The molecular weight excluding hydrogens is 366 g/mol. The van der Waals surface area contributed by atoms with Crippen LogP contribution in [-0.2, 0) is 22.9 Å². The van der Waals surface area contributed by atoms with E-state index in [-0.39, 0.29) is 0 Å². The van der Waals surface area contributed by atoms with Crippen LogP contribution in [0.5, 0.6) is 0 Å². The SMILES string of the molecule is Cc1cccc2c1/C(=C/c1cccc(NS(C)(=O)=O)c1)c1ccccc1CC2. The number of hydrogen-bond donors (Lipinski definition) is 1. The van der Waals surface area contributed by atoms with E-state index in [1.54, 1.807) is 6.07 Å². The van der Waals surface area contributed by atoms with Crippen LogP contribution in [0.15, 0.2) is 66.7 Å². The summed E-state index contributed by atoms with van der Waals surface area (Å²) in [5, 5.41) is 0. The van der Waals surface area contributed by atoms with Crippen LogP contribution >= 0.6 is 0 Å². The molecule has 1 aliphatic carbocycles. The Morgan fingerprint density at radius 2 is 1.61 bits per heavy atom. The zero-order chi connectivity index (χ0) is 19.7. The Kier molecular flexibility index (Phi) is 4.82. The van der Waals surface area contributed by atoms with Crippen LogP contribution in [0.2, 0.25) is 0 Å². The lowest BCUT2D eigenvalue weighted by molar-refractivity contribution is 0.607. The van der Waals surface area contributed by atoms with Gasteiger partial charge in [-0.15, -0.1) is 0 Å². The van der Waals surface area contributed by atoms with E-state index >= 15 is 0 Å². The highest BCUT2D eigenvalue weighted by Crippen LogP contribution is 2.36. The first-order valence-electron chi connectivity index (χ1n) is 9.37. The zero-order valence-electron chi connectivity index (χ0n) is 16.1. The van der Waals surface area contributed by atoms with Crippen LogP contribution in [0.4, 0.5) is 5.69 Å². The van der Waals surface area contributed by atoms with Crippen molar-refractivity contribution in [1.29, 1.82) is 0 Å². The van der Waals surface area contributed by atoms with Gasteiger partial charge in [0.1, 0.15) is 0 Å². The molecule has 3 nitrogen and oxygen atoms in total. The first-order valence-corrected chi connectivity index (χ1v) is 11.3. The summed E-state index contributed by atoms with van der Waals surface area (Å²) in [5.41, 5.74) is 9.22. The van der Waals surface area contributed by atoms with E-state index in [0.717, 1.165) is 18.4 Å². The molecule has 0 fully saturated rings. The van der Waals surface area contributed by atoms with E-state index in [9.17, 15) is 8.42 Å². The minimum Gasteiger partial charge on any atom is -0.284 e. The minimum absolute atomic E-state index is 0.573. The predicted molar refractivity (Wildman–Crippen MR) is 117 cm³/mol. The molecule has 28 heavy (non-hydrogen) atoms. The second-order valence-electron chi connectivity index (χ2n) is 7.32. The van der Waals surface area contributed by atoms with Crippen molar-refractivity contribution < 1.29 is 8.42 Å². The topological polar surface area (TPSA) is 46.2 Å². The number of fused-ring (bicyclic) bond motifs is 2. The van der Waals surface area contributed by atoms with Crippen LogP contribution in [0.1, 0.15) is 33.4 Å². The molecule has 0 unspecified atom stereocenters. The molecule has 0 amide bonds. The Morgan fingerprint density at radius 3 is 2.43 bits per heavy atom. The van der Waals surface area contributed by atoms with Crippen molar-refractivity contribution in [3.8, 4) is 0 Å². The van der Waals surface area contributed by atoms with Crippen LogP contribution in [0, 0.1) is 6.92 Å². The number of sulfonamides is 1. The first kappa shape index (κ1) is 18.5. The van der Waals surface area contributed by atoms with Crippen molar-refractivity contribution >= 4 is 27.4 Å². The third-order valence-electron chi connectivity index (χ3n) is 5.10. The molecule has 0 aliphatic heterocycles. The molecule has 0 radical (unpaired) electrons. The first-order chi connectivity index (χ1) is 13.4. The van der Waals surface area contributed by atoms with Gasteiger partial charge in [-0.1, -0.05) is 54.6 Å². The molecule has 0 saturated carbocycles. The summed E-state index contributed by atoms with van der Waals surface area (Å²) in [5.74, 6) is 0. The van der Waals surface area contributed by atoms with Crippen molar-refractivity contribution in [3.63, 3.8) is 0 Å². The largest absolute Gasteiger partial charge is 0.284 e. The quantitative estimate of drug-likeness (QED) is 0.681. The van der Waals surface area contributed by atoms with Gasteiger partial charge in [-0.2, -0.15) is 0 Å². The molecule has 3 aromatic rings. The molecule has 4 heteroatoms. The van der Waals surface area contributed by atoms with E-state index in [0.29, 0.717) is 5.69 Å². The normalized spacial score (nSPS) is 14.9. The number of aryl methyl sites for hydroxylation is 3. The van der Waals surface area contributed by atoms with Crippen molar-refractivity contribution in [2.75, 3.05) is 11.0 Å². The van der Waals surface area contributed by atoms with Crippen LogP contribution in [0.3, 0.4) is 0 Å². The maximum absolute atomic E-state index is 11.6. The number of anilines is 1. The van der Waals surface area contributed by atoms with E-state index in [1.165, 1.54) is 39.6 Å². The highest BCUT2D eigenvalue weighted by atomic mass is 32.2. The molecule has 0 spiro atoms. The lowest BCUT2D eigenvalue weighted by atomic mass is 9.89. The zero-order valence-corrected chi connectivity index (χ0v) is 16.9. The van der Waals surface area contributed by atoms with Gasteiger partial charge >= 0.3 is 0 Å². The summed E-state index contributed by atoms with van der Waals surface area (Å²) in [4.78, 5) is 0. The molecule has 3 aromatic carbocycles. The van der Waals surface area contributed by atoms with Gasteiger partial charge in [-0.25, -0.2) is 8.42 Å². The average molecular weight is 390 g/mol. The van der Waals surface area contributed by atoms with Crippen molar-refractivity contribution in [1.82, 2.24) is 0 Å². The standard InChI is InChI=1S/C24H23NO2S/c1-17-7-5-10-20-14-13-19-9-3-4-12-22(19)23(24(17)20)16-18-8-6-11-21(15-18)25-28(2,26)27/h3-12,15-16,25H,13-14H2,1-2H3/b23-16+. The summed E-state index contributed by atoms with van der Waals surface area (Å²) in [7, 11) is -3.31. The van der Waals surface area contributed by atoms with E-state index in [4.69, 9.17) is 0 Å². The van der Waals surface area contributed by atoms with Gasteiger partial charge in [-0.3, -0.25) is 4.72 Å². The molecule has 1 N–H and O–H groups in total. The monoisotopic (exact) mass is 389 g/mol. The van der Waals surface area contributed by atoms with Gasteiger partial charge in [0.2, 0.25) is 10.0 Å². The van der Waals surface area contributed by atoms with Crippen LogP contribution < -0.4 is 4.72 Å². The lowest BCUT2D eigenvalue weighted by Crippen LogP contribution is -2.09. The Morgan fingerprint density at radius 1 is 0.893 bits per heavy atom. The molecule has 142 valence electrons. The van der Waals surface area contributed by atoms with Gasteiger partial charge in [0.25, 0.3) is 0 Å². The third kappa shape index (κ3) is 3.87. The van der Waals surface area contributed by atoms with Gasteiger partial charge in [-0.05, 0) is 76.9 Å². The Bertz CT molecular complexity index is 1180. The maximum Gasteiger partial charge on any atom is 0.229 e. The number of benzene rings is 3. The fourth-order valence-corrected chi connectivity index (χ4v) is 4.51. The number of hydrogen-bond acceptors (Lipinski definition) is 2. The minimum atomic E-state index is -3.31. The van der Waals surface area contributed by atoms with Crippen molar-refractivity contribution in [3.05, 3.63) is 100 Å². The summed E-state index contributed by atoms with van der Waals surface area (Å²) < 4.78 is 25.7. The molecule has 4 rings (SSSR count). The predicted octanol–water partition coefficient (Wildman–Crippen LogP) is 5.05. The number of nitrogens with one attached hydrogen (secondary N) is 1. The number of rotatable bonds is 3. The second kappa shape index (κ2) is 7.28. The summed E-state index contributed by atoms with van der Waals surface area (Å²) >= 11 is 0. The second-order valence-corrected chi connectivity index (χ2v) is 9.07. The Labute approximate surface area is 166 Å². The molecule has 0 atom stereocenters. The van der Waals surface area contributed by atoms with E-state index < -0.39 is 10.0 Å². The van der Waals surface area contributed by atoms with Gasteiger partial charge in [0.05, 0.1) is 6.26 Å². The fourth-order valence-electron chi connectivity index (χ4n) is 3.95. The average Bonchev–Trinajstić information content (AvgIpc) is 2.79. The van der Waals surface area contributed by atoms with Gasteiger partial charge in [0.15, 0.2) is 0 Å². The van der Waals surface area contributed by atoms with Gasteiger partial charge < -0.3 is 0 Å². The van der Waals surface area contributed by atoms with Crippen LogP contribution in [0.25, 0.3) is 11.6 Å².